The SMILES string of the molecule is Cc1nc(-c2nc(-c3ccc(OC(C)(C)F)cc3)no2)nn1Cc1cccc(OCC(CO)N=O)c1. The summed E-state index contributed by atoms with van der Waals surface area (Å²) in [6, 6.07) is 13.1. The third-order valence-electron chi connectivity index (χ3n) is 4.98. The molecule has 0 bridgehead atoms. The van der Waals surface area contributed by atoms with Crippen LogP contribution in [-0.2, 0) is 6.54 Å². The number of halogens is 1. The van der Waals surface area contributed by atoms with Gasteiger partial charge in [0.2, 0.25) is 17.5 Å². The van der Waals surface area contributed by atoms with Gasteiger partial charge in [-0.05, 0) is 48.9 Å². The van der Waals surface area contributed by atoms with Crippen LogP contribution in [0.4, 0.5) is 4.39 Å². The first-order valence-electron chi connectivity index (χ1n) is 11.1. The maximum Gasteiger partial charge on any atom is 0.297 e. The van der Waals surface area contributed by atoms with E-state index in [9.17, 15) is 9.30 Å². The lowest BCUT2D eigenvalue weighted by Gasteiger charge is -2.16. The number of benzene rings is 2. The average molecular weight is 496 g/mol. The topological polar surface area (TPSA) is 138 Å². The maximum atomic E-state index is 13.7. The van der Waals surface area contributed by atoms with Gasteiger partial charge in [0.1, 0.15) is 30.0 Å². The third kappa shape index (κ3) is 6.27. The summed E-state index contributed by atoms with van der Waals surface area (Å²) in [4.78, 5) is 19.4. The van der Waals surface area contributed by atoms with Crippen molar-refractivity contribution in [2.45, 2.75) is 39.2 Å². The molecule has 36 heavy (non-hydrogen) atoms. The first-order valence-corrected chi connectivity index (χ1v) is 11.1. The van der Waals surface area contributed by atoms with E-state index in [4.69, 9.17) is 19.1 Å². The molecule has 0 radical (unpaired) electrons. The van der Waals surface area contributed by atoms with Crippen molar-refractivity contribution in [3.8, 4) is 34.6 Å². The van der Waals surface area contributed by atoms with Gasteiger partial charge < -0.3 is 19.1 Å². The molecule has 1 N–H and O–H groups in total. The summed E-state index contributed by atoms with van der Waals surface area (Å²) in [6.45, 7) is 4.47. The molecule has 0 aliphatic carbocycles. The Labute approximate surface area is 205 Å². The maximum absolute atomic E-state index is 13.7. The van der Waals surface area contributed by atoms with Gasteiger partial charge in [-0.3, -0.25) is 0 Å². The zero-order valence-corrected chi connectivity index (χ0v) is 20.0. The summed E-state index contributed by atoms with van der Waals surface area (Å²) in [7, 11) is 0. The second-order valence-electron chi connectivity index (χ2n) is 8.45. The lowest BCUT2D eigenvalue weighted by atomic mass is 10.2. The molecule has 1 atom stereocenters. The monoisotopic (exact) mass is 496 g/mol. The fourth-order valence-corrected chi connectivity index (χ4v) is 3.26. The summed E-state index contributed by atoms with van der Waals surface area (Å²) >= 11 is 0. The molecule has 12 heteroatoms. The highest BCUT2D eigenvalue weighted by molar-refractivity contribution is 5.57. The lowest BCUT2D eigenvalue weighted by molar-refractivity contribution is -0.0256. The molecule has 1 unspecified atom stereocenters. The highest BCUT2D eigenvalue weighted by atomic mass is 19.2. The van der Waals surface area contributed by atoms with Crippen molar-refractivity contribution in [1.29, 1.82) is 0 Å². The molecular weight excluding hydrogens is 471 g/mol. The molecular formula is C24H25FN6O5. The van der Waals surface area contributed by atoms with Gasteiger partial charge >= 0.3 is 0 Å². The molecule has 4 rings (SSSR count). The minimum atomic E-state index is -1.78. The number of nitroso groups, excluding NO2 is 1. The normalized spacial score (nSPS) is 12.4. The molecule has 0 spiro atoms. The molecule has 0 amide bonds. The number of hydrogen-bond acceptors (Lipinski definition) is 10. The Kier molecular flexibility index (Phi) is 7.34. The van der Waals surface area contributed by atoms with E-state index in [2.05, 4.69) is 25.4 Å². The van der Waals surface area contributed by atoms with Crippen LogP contribution in [0.25, 0.3) is 23.1 Å². The number of aliphatic hydroxyl groups excluding tert-OH is 1. The van der Waals surface area contributed by atoms with E-state index in [1.54, 1.807) is 41.9 Å². The van der Waals surface area contributed by atoms with E-state index in [1.165, 1.54) is 13.8 Å². The van der Waals surface area contributed by atoms with Crippen molar-refractivity contribution in [3.05, 3.63) is 64.8 Å². The van der Waals surface area contributed by atoms with E-state index in [1.807, 2.05) is 18.2 Å². The van der Waals surface area contributed by atoms with Gasteiger partial charge in [-0.25, -0.2) is 9.67 Å². The summed E-state index contributed by atoms with van der Waals surface area (Å²) in [6.07, 6.45) is 0. The molecule has 2 heterocycles. The van der Waals surface area contributed by atoms with Crippen LogP contribution in [0.1, 0.15) is 25.2 Å². The van der Waals surface area contributed by atoms with Crippen LogP contribution in [0.3, 0.4) is 0 Å². The fourth-order valence-electron chi connectivity index (χ4n) is 3.26. The average Bonchev–Trinajstić information content (AvgIpc) is 3.47. The van der Waals surface area contributed by atoms with Gasteiger partial charge in [-0.2, -0.15) is 14.3 Å². The van der Waals surface area contributed by atoms with Gasteiger partial charge in [0.25, 0.3) is 5.89 Å². The van der Waals surface area contributed by atoms with E-state index < -0.39 is 11.9 Å². The molecule has 0 saturated carbocycles. The number of aryl methyl sites for hydroxylation is 1. The standard InChI is InChI=1S/C24H25FN6O5/c1-15-26-22(23-27-21(30-36-23)17-7-9-19(10-8-17)35-24(2,3)25)28-31(15)12-16-5-4-6-20(11-16)34-14-18(13-32)29-33/h4-11,18,32H,12-14H2,1-3H3. The molecule has 4 aromatic rings. The molecule has 2 aromatic carbocycles. The van der Waals surface area contributed by atoms with E-state index >= 15 is 0 Å². The zero-order valence-electron chi connectivity index (χ0n) is 20.0. The Balaban J connectivity index is 1.45. The molecule has 0 aliphatic heterocycles. The molecule has 0 aliphatic rings. The van der Waals surface area contributed by atoms with Crippen molar-refractivity contribution in [1.82, 2.24) is 24.9 Å². The minimum absolute atomic E-state index is 0.0148. The van der Waals surface area contributed by atoms with Crippen molar-refractivity contribution in [2.24, 2.45) is 5.18 Å². The Morgan fingerprint density at radius 2 is 1.92 bits per heavy atom. The molecule has 0 saturated heterocycles. The number of aromatic nitrogens is 5. The third-order valence-corrected chi connectivity index (χ3v) is 4.98. The lowest BCUT2D eigenvalue weighted by Crippen LogP contribution is -2.20. The Morgan fingerprint density at radius 1 is 1.14 bits per heavy atom. The van der Waals surface area contributed by atoms with Crippen LogP contribution in [0, 0.1) is 11.8 Å². The summed E-state index contributed by atoms with van der Waals surface area (Å²) < 4.78 is 31.5. The smallest absolute Gasteiger partial charge is 0.297 e. The molecule has 2 aromatic heterocycles. The van der Waals surface area contributed by atoms with Crippen LogP contribution in [-0.4, -0.2) is 55.1 Å². The number of alkyl halides is 1. The highest BCUT2D eigenvalue weighted by Gasteiger charge is 2.19. The molecule has 11 nitrogen and oxygen atoms in total. The number of aliphatic hydroxyl groups is 1. The van der Waals surface area contributed by atoms with E-state index in [-0.39, 0.29) is 24.9 Å². The second-order valence-corrected chi connectivity index (χ2v) is 8.45. The van der Waals surface area contributed by atoms with Crippen molar-refractivity contribution in [3.63, 3.8) is 0 Å². The largest absolute Gasteiger partial charge is 0.491 e. The van der Waals surface area contributed by atoms with Crippen LogP contribution < -0.4 is 9.47 Å². The first kappa shape index (κ1) is 24.9. The number of ether oxygens (including phenoxy) is 2. The van der Waals surface area contributed by atoms with Gasteiger partial charge in [-0.15, -0.1) is 5.10 Å². The predicted octanol–water partition coefficient (Wildman–Crippen LogP) is 3.94. The quantitative estimate of drug-likeness (QED) is 0.306. The number of hydrogen-bond donors (Lipinski definition) is 1. The second kappa shape index (κ2) is 10.6. The van der Waals surface area contributed by atoms with E-state index in [0.717, 1.165) is 5.56 Å². The van der Waals surface area contributed by atoms with Gasteiger partial charge in [0.15, 0.2) is 0 Å². The van der Waals surface area contributed by atoms with Gasteiger partial charge in [0, 0.05) is 19.4 Å². The number of nitrogens with zero attached hydrogens (tertiary/aromatic N) is 6. The Bertz CT molecular complexity index is 1320. The van der Waals surface area contributed by atoms with E-state index in [0.29, 0.717) is 35.3 Å². The predicted molar refractivity (Wildman–Crippen MR) is 127 cm³/mol. The summed E-state index contributed by atoms with van der Waals surface area (Å²) in [5.74, 6) is 0.549. The van der Waals surface area contributed by atoms with Gasteiger partial charge in [0.05, 0.1) is 13.2 Å². The van der Waals surface area contributed by atoms with Crippen molar-refractivity contribution in [2.75, 3.05) is 13.2 Å². The van der Waals surface area contributed by atoms with Crippen LogP contribution in [0.15, 0.2) is 58.2 Å². The summed E-state index contributed by atoms with van der Waals surface area (Å²) in [5, 5.41) is 20.4. The Hall–Kier alpha value is -4.19. The van der Waals surface area contributed by atoms with Crippen LogP contribution in [0.5, 0.6) is 11.5 Å². The minimum Gasteiger partial charge on any atom is -0.491 e. The van der Waals surface area contributed by atoms with Crippen molar-refractivity contribution < 1.29 is 23.5 Å². The fraction of sp³-hybridized carbons (Fsp3) is 0.333. The van der Waals surface area contributed by atoms with Crippen molar-refractivity contribution >= 4 is 0 Å². The molecule has 0 fully saturated rings. The highest BCUT2D eigenvalue weighted by Crippen LogP contribution is 2.25. The number of rotatable bonds is 11. The van der Waals surface area contributed by atoms with Crippen LogP contribution in [0.2, 0.25) is 0 Å². The first-order chi connectivity index (χ1) is 17.2. The van der Waals surface area contributed by atoms with Crippen LogP contribution >= 0.6 is 0 Å². The zero-order chi connectivity index (χ0) is 25.7. The summed E-state index contributed by atoms with van der Waals surface area (Å²) in [5.41, 5.74) is 1.55. The molecule has 188 valence electrons. The Morgan fingerprint density at radius 3 is 2.61 bits per heavy atom. The van der Waals surface area contributed by atoms with Gasteiger partial charge in [-0.1, -0.05) is 22.5 Å².